The van der Waals surface area contributed by atoms with E-state index in [4.69, 9.17) is 0 Å². The van der Waals surface area contributed by atoms with Gasteiger partial charge in [-0.2, -0.15) is 0 Å². The van der Waals surface area contributed by atoms with Crippen molar-refractivity contribution in [2.45, 2.75) is 30.8 Å². The monoisotopic (exact) mass is 373 g/mol. The minimum Gasteiger partial charge on any atom is -0.324 e. The van der Waals surface area contributed by atoms with Gasteiger partial charge in [0.25, 0.3) is 0 Å². The zero-order valence-corrected chi connectivity index (χ0v) is 16.0. The molecule has 1 fully saturated rings. The van der Waals surface area contributed by atoms with Crippen LogP contribution in [0.25, 0.3) is 0 Å². The number of carbonyl (C=O) groups excluding carboxylic acids is 2. The number of carbonyl (C=O) groups is 2. The third kappa shape index (κ3) is 3.90. The Labute approximate surface area is 157 Å². The van der Waals surface area contributed by atoms with Gasteiger partial charge in [-0.15, -0.1) is 10.2 Å². The number of urea groups is 1. The Morgan fingerprint density at radius 3 is 2.81 bits per heavy atom. The molecule has 26 heavy (non-hydrogen) atoms. The smallest absolute Gasteiger partial charge is 0.321 e. The number of piperidine rings is 1. The number of aromatic nitrogens is 3. The highest BCUT2D eigenvalue weighted by atomic mass is 32.2. The molecule has 1 aromatic heterocycles. The fourth-order valence-electron chi connectivity index (χ4n) is 3.25. The van der Waals surface area contributed by atoms with Crippen LogP contribution in [0.5, 0.6) is 0 Å². The van der Waals surface area contributed by atoms with Gasteiger partial charge in [0, 0.05) is 37.3 Å². The predicted octanol–water partition coefficient (Wildman–Crippen LogP) is 3.15. The van der Waals surface area contributed by atoms with Crippen LogP contribution in [-0.2, 0) is 7.05 Å². The maximum absolute atomic E-state index is 12.7. The van der Waals surface area contributed by atoms with E-state index in [1.165, 1.54) is 6.92 Å². The molecule has 7 nitrogen and oxygen atoms in total. The number of nitrogens with zero attached hydrogens (tertiary/aromatic N) is 4. The molecule has 0 aliphatic carbocycles. The summed E-state index contributed by atoms with van der Waals surface area (Å²) in [5.41, 5.74) is 1.22. The largest absolute Gasteiger partial charge is 0.324 e. The molecule has 1 saturated heterocycles. The Bertz CT molecular complexity index is 820. The molecule has 8 heteroatoms. The molecule has 0 spiro atoms. The second kappa shape index (κ2) is 7.90. The molecule has 3 rings (SSSR count). The molecule has 138 valence electrons. The normalized spacial score (nSPS) is 17.2. The van der Waals surface area contributed by atoms with Gasteiger partial charge < -0.3 is 14.8 Å². The van der Waals surface area contributed by atoms with Crippen molar-refractivity contribution in [1.82, 2.24) is 19.7 Å². The van der Waals surface area contributed by atoms with Crippen molar-refractivity contribution in [3.8, 4) is 0 Å². The Morgan fingerprint density at radius 2 is 2.12 bits per heavy atom. The van der Waals surface area contributed by atoms with E-state index in [1.807, 2.05) is 22.8 Å². The first kappa shape index (κ1) is 18.4. The van der Waals surface area contributed by atoms with Crippen LogP contribution < -0.4 is 5.32 Å². The van der Waals surface area contributed by atoms with Gasteiger partial charge in [-0.05, 0) is 38.2 Å². The number of nitrogens with one attached hydrogen (secondary N) is 1. The third-order valence-electron chi connectivity index (χ3n) is 4.65. The molecular formula is C18H23N5O2S. The molecule has 1 aromatic carbocycles. The number of hydrogen-bond donors (Lipinski definition) is 1. The Balaban J connectivity index is 1.69. The minimum atomic E-state index is -0.150. The molecule has 2 heterocycles. The maximum atomic E-state index is 12.7. The highest BCUT2D eigenvalue weighted by molar-refractivity contribution is 7.98. The average Bonchev–Trinajstić information content (AvgIpc) is 3.02. The van der Waals surface area contributed by atoms with E-state index in [-0.39, 0.29) is 17.7 Å². The van der Waals surface area contributed by atoms with Gasteiger partial charge in [0.1, 0.15) is 5.82 Å². The van der Waals surface area contributed by atoms with Gasteiger partial charge in [0.15, 0.2) is 10.9 Å². The van der Waals surface area contributed by atoms with Crippen molar-refractivity contribution in [3.63, 3.8) is 0 Å². The number of ketones is 1. The topological polar surface area (TPSA) is 80.1 Å². The Hall–Kier alpha value is -2.35. The lowest BCUT2D eigenvalue weighted by molar-refractivity contribution is 0.101. The van der Waals surface area contributed by atoms with E-state index in [2.05, 4.69) is 15.5 Å². The van der Waals surface area contributed by atoms with E-state index in [9.17, 15) is 9.59 Å². The lowest BCUT2D eigenvalue weighted by Crippen LogP contribution is -2.42. The summed E-state index contributed by atoms with van der Waals surface area (Å²) >= 11 is 1.56. The number of likely N-dealkylation sites (tertiary alicyclic amines) is 1. The summed E-state index contributed by atoms with van der Waals surface area (Å²) in [5, 5.41) is 12.3. The van der Waals surface area contributed by atoms with Gasteiger partial charge in [-0.1, -0.05) is 23.9 Å². The second-order valence-electron chi connectivity index (χ2n) is 6.46. The molecule has 0 radical (unpaired) electrons. The molecular weight excluding hydrogens is 350 g/mol. The third-order valence-corrected chi connectivity index (χ3v) is 5.37. The number of anilines is 1. The van der Waals surface area contributed by atoms with E-state index in [0.717, 1.165) is 23.8 Å². The van der Waals surface area contributed by atoms with Crippen LogP contribution in [0.15, 0.2) is 29.4 Å². The molecule has 1 aliphatic rings. The lowest BCUT2D eigenvalue weighted by atomic mass is 9.97. The standard InChI is InChI=1S/C18H23N5O2S/c1-12(24)13-6-4-8-15(10-13)19-17(25)23-9-5-7-14(11-23)16-20-21-18(26-3)22(16)2/h4,6,8,10,14H,5,7,9,11H2,1-3H3,(H,19,25)/t14-/m1/s1. The van der Waals surface area contributed by atoms with Crippen molar-refractivity contribution in [3.05, 3.63) is 35.7 Å². The summed E-state index contributed by atoms with van der Waals surface area (Å²) in [4.78, 5) is 26.0. The summed E-state index contributed by atoms with van der Waals surface area (Å²) in [6.45, 7) is 2.83. The van der Waals surface area contributed by atoms with E-state index in [0.29, 0.717) is 24.3 Å². The number of hydrogen-bond acceptors (Lipinski definition) is 5. The first-order valence-corrected chi connectivity index (χ1v) is 9.82. The summed E-state index contributed by atoms with van der Waals surface area (Å²) in [6.07, 6.45) is 3.89. The quantitative estimate of drug-likeness (QED) is 0.658. The number of Topliss-reactive ketones (excluding diaryl/α,β-unsaturated/α-hetero) is 1. The van der Waals surface area contributed by atoms with Gasteiger partial charge >= 0.3 is 6.03 Å². The minimum absolute atomic E-state index is 0.0222. The number of rotatable bonds is 4. The van der Waals surface area contributed by atoms with Crippen molar-refractivity contribution in [2.24, 2.45) is 7.05 Å². The van der Waals surface area contributed by atoms with Crippen LogP contribution in [-0.4, -0.2) is 50.8 Å². The molecule has 0 bridgehead atoms. The van der Waals surface area contributed by atoms with E-state index < -0.39 is 0 Å². The molecule has 2 aromatic rings. The van der Waals surface area contributed by atoms with E-state index >= 15 is 0 Å². The van der Waals surface area contributed by atoms with Crippen LogP contribution >= 0.6 is 11.8 Å². The van der Waals surface area contributed by atoms with Gasteiger partial charge in [0.05, 0.1) is 0 Å². The van der Waals surface area contributed by atoms with Crippen LogP contribution in [0.4, 0.5) is 10.5 Å². The zero-order valence-electron chi connectivity index (χ0n) is 15.2. The van der Waals surface area contributed by atoms with Crippen molar-refractivity contribution < 1.29 is 9.59 Å². The Morgan fingerprint density at radius 1 is 1.31 bits per heavy atom. The average molecular weight is 373 g/mol. The van der Waals surface area contributed by atoms with E-state index in [1.54, 1.807) is 36.0 Å². The molecule has 0 saturated carbocycles. The predicted molar refractivity (Wildman–Crippen MR) is 102 cm³/mol. The highest BCUT2D eigenvalue weighted by Gasteiger charge is 2.28. The summed E-state index contributed by atoms with van der Waals surface area (Å²) in [6, 6.07) is 6.86. The molecule has 0 unspecified atom stereocenters. The summed E-state index contributed by atoms with van der Waals surface area (Å²) in [5.74, 6) is 1.08. The molecule has 2 amide bonds. The highest BCUT2D eigenvalue weighted by Crippen LogP contribution is 2.27. The Kier molecular flexibility index (Phi) is 5.61. The summed E-state index contributed by atoms with van der Waals surface area (Å²) < 4.78 is 2.01. The SMILES string of the molecule is CSc1nnc([C@@H]2CCCN(C(=O)Nc3cccc(C(C)=O)c3)C2)n1C. The summed E-state index contributed by atoms with van der Waals surface area (Å²) in [7, 11) is 1.97. The number of benzene rings is 1. The number of amides is 2. The molecule has 1 aliphatic heterocycles. The van der Waals surface area contributed by atoms with Crippen molar-refractivity contribution in [2.75, 3.05) is 24.7 Å². The van der Waals surface area contributed by atoms with Crippen LogP contribution in [0.3, 0.4) is 0 Å². The lowest BCUT2D eigenvalue weighted by Gasteiger charge is -2.32. The van der Waals surface area contributed by atoms with Gasteiger partial charge in [0.2, 0.25) is 0 Å². The van der Waals surface area contributed by atoms with Crippen LogP contribution in [0, 0.1) is 0 Å². The van der Waals surface area contributed by atoms with Gasteiger partial charge in [-0.3, -0.25) is 4.79 Å². The first-order chi connectivity index (χ1) is 12.5. The van der Waals surface area contributed by atoms with Crippen molar-refractivity contribution >= 4 is 29.3 Å². The molecule has 1 atom stereocenters. The fourth-order valence-corrected chi connectivity index (χ4v) is 3.74. The van der Waals surface area contributed by atoms with Crippen molar-refractivity contribution in [1.29, 1.82) is 0 Å². The second-order valence-corrected chi connectivity index (χ2v) is 7.23. The fraction of sp³-hybridized carbons (Fsp3) is 0.444. The molecule has 1 N–H and O–H groups in total. The van der Waals surface area contributed by atoms with Gasteiger partial charge in [-0.25, -0.2) is 4.79 Å². The number of thioether (sulfide) groups is 1. The first-order valence-electron chi connectivity index (χ1n) is 8.59. The zero-order chi connectivity index (χ0) is 18.7. The van der Waals surface area contributed by atoms with Crippen LogP contribution in [0.1, 0.15) is 41.9 Å². The van der Waals surface area contributed by atoms with Crippen LogP contribution in [0.2, 0.25) is 0 Å². The maximum Gasteiger partial charge on any atom is 0.321 e.